The number of carbonyl (C=O) groups is 1. The van der Waals surface area contributed by atoms with Crippen LogP contribution in [0.2, 0.25) is 0 Å². The van der Waals surface area contributed by atoms with Crippen molar-refractivity contribution in [3.8, 4) is 17.4 Å². The standard InChI is InChI=1S/C15H16N2O4/c1-3-20-15(18)13-7-10(16)9-17-14(13)21-12-6-4-5-11(8-12)19-2/h4-9H,3,16H2,1-2H3. The van der Waals surface area contributed by atoms with E-state index < -0.39 is 5.97 Å². The molecular formula is C15H16N2O4. The first-order valence-corrected chi connectivity index (χ1v) is 6.38. The van der Waals surface area contributed by atoms with Gasteiger partial charge in [-0.25, -0.2) is 9.78 Å². The van der Waals surface area contributed by atoms with Gasteiger partial charge in [-0.2, -0.15) is 0 Å². The molecule has 2 aromatic rings. The first kappa shape index (κ1) is 14.6. The Labute approximate surface area is 122 Å². The fourth-order valence-corrected chi connectivity index (χ4v) is 1.68. The summed E-state index contributed by atoms with van der Waals surface area (Å²) < 4.78 is 15.7. The predicted molar refractivity (Wildman–Crippen MR) is 77.7 cm³/mol. The second kappa shape index (κ2) is 6.60. The van der Waals surface area contributed by atoms with E-state index in [1.807, 2.05) is 0 Å². The number of hydrogen-bond donors (Lipinski definition) is 1. The highest BCUT2D eigenvalue weighted by atomic mass is 16.5. The van der Waals surface area contributed by atoms with Gasteiger partial charge in [0.15, 0.2) is 0 Å². The lowest BCUT2D eigenvalue weighted by Gasteiger charge is -2.10. The number of nitrogens with two attached hydrogens (primary N) is 1. The topological polar surface area (TPSA) is 83.7 Å². The van der Waals surface area contributed by atoms with Gasteiger partial charge in [-0.15, -0.1) is 0 Å². The van der Waals surface area contributed by atoms with E-state index in [4.69, 9.17) is 19.9 Å². The molecule has 110 valence electrons. The largest absolute Gasteiger partial charge is 0.497 e. The Kier molecular flexibility index (Phi) is 4.61. The minimum atomic E-state index is -0.532. The number of esters is 1. The average Bonchev–Trinajstić information content (AvgIpc) is 2.49. The third kappa shape index (κ3) is 3.62. The highest BCUT2D eigenvalue weighted by molar-refractivity contribution is 5.92. The molecule has 0 aliphatic rings. The lowest BCUT2D eigenvalue weighted by Crippen LogP contribution is -2.08. The van der Waals surface area contributed by atoms with E-state index in [9.17, 15) is 4.79 Å². The van der Waals surface area contributed by atoms with E-state index in [1.54, 1.807) is 38.3 Å². The highest BCUT2D eigenvalue weighted by Gasteiger charge is 2.16. The minimum absolute atomic E-state index is 0.135. The molecule has 0 aliphatic carbocycles. The zero-order chi connectivity index (χ0) is 15.2. The molecule has 0 saturated heterocycles. The maximum absolute atomic E-state index is 11.9. The van der Waals surface area contributed by atoms with E-state index in [0.29, 0.717) is 17.2 Å². The summed E-state index contributed by atoms with van der Waals surface area (Å²) in [6.45, 7) is 1.98. The predicted octanol–water partition coefficient (Wildman–Crippen LogP) is 2.64. The smallest absolute Gasteiger partial charge is 0.343 e. The zero-order valence-corrected chi connectivity index (χ0v) is 11.8. The van der Waals surface area contributed by atoms with Crippen LogP contribution in [0, 0.1) is 0 Å². The van der Waals surface area contributed by atoms with Gasteiger partial charge in [0, 0.05) is 6.07 Å². The molecule has 0 fully saturated rings. The Morgan fingerprint density at radius 3 is 2.76 bits per heavy atom. The van der Waals surface area contributed by atoms with Crippen LogP contribution < -0.4 is 15.2 Å². The summed E-state index contributed by atoms with van der Waals surface area (Å²) in [6, 6.07) is 8.45. The Balaban J connectivity index is 2.32. The average molecular weight is 288 g/mol. The quantitative estimate of drug-likeness (QED) is 0.851. The monoisotopic (exact) mass is 288 g/mol. The number of aromatic nitrogens is 1. The summed E-state index contributed by atoms with van der Waals surface area (Å²) in [4.78, 5) is 16.0. The molecule has 0 amide bonds. The zero-order valence-electron chi connectivity index (χ0n) is 11.8. The van der Waals surface area contributed by atoms with Gasteiger partial charge in [-0.1, -0.05) is 6.07 Å². The maximum atomic E-state index is 11.9. The van der Waals surface area contributed by atoms with Gasteiger partial charge in [0.05, 0.1) is 25.6 Å². The summed E-state index contributed by atoms with van der Waals surface area (Å²) in [5.41, 5.74) is 6.19. The number of hydrogen-bond acceptors (Lipinski definition) is 6. The molecule has 1 aromatic heterocycles. The first-order chi connectivity index (χ1) is 10.1. The van der Waals surface area contributed by atoms with Gasteiger partial charge in [0.2, 0.25) is 5.88 Å². The van der Waals surface area contributed by atoms with Crippen molar-refractivity contribution in [1.29, 1.82) is 0 Å². The number of nitrogens with zero attached hydrogens (tertiary/aromatic N) is 1. The minimum Gasteiger partial charge on any atom is -0.497 e. The third-order valence-corrected chi connectivity index (χ3v) is 2.62. The van der Waals surface area contributed by atoms with Crippen LogP contribution in [0.25, 0.3) is 0 Å². The Bertz CT molecular complexity index is 643. The molecule has 21 heavy (non-hydrogen) atoms. The fraction of sp³-hybridized carbons (Fsp3) is 0.200. The molecule has 1 heterocycles. The normalized spacial score (nSPS) is 10.0. The second-order valence-electron chi connectivity index (χ2n) is 4.12. The van der Waals surface area contributed by atoms with Gasteiger partial charge < -0.3 is 19.9 Å². The van der Waals surface area contributed by atoms with Gasteiger partial charge in [-0.3, -0.25) is 0 Å². The van der Waals surface area contributed by atoms with E-state index in [-0.39, 0.29) is 18.1 Å². The van der Waals surface area contributed by atoms with Crippen molar-refractivity contribution in [2.24, 2.45) is 0 Å². The van der Waals surface area contributed by atoms with Gasteiger partial charge in [0.25, 0.3) is 0 Å². The van der Waals surface area contributed by atoms with Crippen molar-refractivity contribution < 1.29 is 19.0 Å². The van der Waals surface area contributed by atoms with Gasteiger partial charge in [-0.05, 0) is 25.1 Å². The van der Waals surface area contributed by atoms with Crippen LogP contribution in [0.4, 0.5) is 5.69 Å². The summed E-state index contributed by atoms with van der Waals surface area (Å²) in [7, 11) is 1.56. The lowest BCUT2D eigenvalue weighted by atomic mass is 10.2. The summed E-state index contributed by atoms with van der Waals surface area (Å²) >= 11 is 0. The number of ether oxygens (including phenoxy) is 3. The Morgan fingerprint density at radius 1 is 1.29 bits per heavy atom. The molecule has 2 N–H and O–H groups in total. The third-order valence-electron chi connectivity index (χ3n) is 2.62. The number of rotatable bonds is 5. The summed E-state index contributed by atoms with van der Waals surface area (Å²) in [5, 5.41) is 0. The van der Waals surface area contributed by atoms with Crippen LogP contribution >= 0.6 is 0 Å². The van der Waals surface area contributed by atoms with Crippen LogP contribution in [0.3, 0.4) is 0 Å². The van der Waals surface area contributed by atoms with Crippen LogP contribution in [0.15, 0.2) is 36.5 Å². The molecule has 2 rings (SSSR count). The molecule has 0 bridgehead atoms. The number of benzene rings is 1. The van der Waals surface area contributed by atoms with Gasteiger partial charge in [0.1, 0.15) is 17.1 Å². The van der Waals surface area contributed by atoms with Crippen molar-refractivity contribution in [3.05, 3.63) is 42.1 Å². The van der Waals surface area contributed by atoms with E-state index in [0.717, 1.165) is 0 Å². The van der Waals surface area contributed by atoms with Crippen molar-refractivity contribution in [3.63, 3.8) is 0 Å². The van der Waals surface area contributed by atoms with Crippen LogP contribution in [-0.2, 0) is 4.74 Å². The number of anilines is 1. The number of nitrogen functional groups attached to an aromatic ring is 1. The molecule has 0 unspecified atom stereocenters. The maximum Gasteiger partial charge on any atom is 0.343 e. The van der Waals surface area contributed by atoms with Crippen LogP contribution in [-0.4, -0.2) is 24.7 Å². The molecule has 6 nitrogen and oxygen atoms in total. The fourth-order valence-electron chi connectivity index (χ4n) is 1.68. The molecule has 0 atom stereocenters. The summed E-state index contributed by atoms with van der Waals surface area (Å²) in [6.07, 6.45) is 1.41. The Hall–Kier alpha value is -2.76. The molecular weight excluding hydrogens is 272 g/mol. The second-order valence-corrected chi connectivity index (χ2v) is 4.12. The SMILES string of the molecule is CCOC(=O)c1cc(N)cnc1Oc1cccc(OC)c1. The van der Waals surface area contributed by atoms with Crippen LogP contribution in [0.1, 0.15) is 17.3 Å². The van der Waals surface area contributed by atoms with E-state index in [2.05, 4.69) is 4.98 Å². The molecule has 0 saturated carbocycles. The van der Waals surface area contributed by atoms with Crippen molar-refractivity contribution in [2.75, 3.05) is 19.5 Å². The molecule has 6 heteroatoms. The van der Waals surface area contributed by atoms with Gasteiger partial charge >= 0.3 is 5.97 Å². The summed E-state index contributed by atoms with van der Waals surface area (Å²) in [5.74, 6) is 0.740. The lowest BCUT2D eigenvalue weighted by molar-refractivity contribution is 0.0523. The van der Waals surface area contributed by atoms with E-state index in [1.165, 1.54) is 12.3 Å². The first-order valence-electron chi connectivity index (χ1n) is 6.38. The molecule has 0 radical (unpaired) electrons. The van der Waals surface area contributed by atoms with Crippen molar-refractivity contribution in [1.82, 2.24) is 4.98 Å². The highest BCUT2D eigenvalue weighted by Crippen LogP contribution is 2.27. The molecule has 1 aromatic carbocycles. The molecule has 0 spiro atoms. The van der Waals surface area contributed by atoms with E-state index >= 15 is 0 Å². The number of pyridine rings is 1. The number of methoxy groups -OCH3 is 1. The molecule has 0 aliphatic heterocycles. The van der Waals surface area contributed by atoms with Crippen molar-refractivity contribution in [2.45, 2.75) is 6.92 Å². The Morgan fingerprint density at radius 2 is 2.05 bits per heavy atom. The van der Waals surface area contributed by atoms with Crippen molar-refractivity contribution >= 4 is 11.7 Å². The number of carbonyl (C=O) groups excluding carboxylic acids is 1. The van der Waals surface area contributed by atoms with Crippen LogP contribution in [0.5, 0.6) is 17.4 Å².